The maximum absolute atomic E-state index is 12.3. The first-order valence-electron chi connectivity index (χ1n) is 8.10. The largest absolute Gasteiger partial charge is 0.368 e. The summed E-state index contributed by atoms with van der Waals surface area (Å²) in [7, 11) is 0. The molecule has 0 radical (unpaired) electrons. The predicted molar refractivity (Wildman–Crippen MR) is 81.4 cm³/mol. The van der Waals surface area contributed by atoms with Gasteiger partial charge in [-0.15, -0.1) is 0 Å². The summed E-state index contributed by atoms with van der Waals surface area (Å²) in [4.78, 5) is 12.3. The first-order valence-corrected chi connectivity index (χ1v) is 8.10. The number of carbonyl (C=O) groups is 1. The van der Waals surface area contributed by atoms with Crippen LogP contribution in [-0.2, 0) is 9.53 Å². The van der Waals surface area contributed by atoms with Crippen molar-refractivity contribution in [2.24, 2.45) is 22.7 Å². The van der Waals surface area contributed by atoms with Crippen LogP contribution in [0.2, 0.25) is 0 Å². The highest BCUT2D eigenvalue weighted by molar-refractivity contribution is 5.80. The lowest BCUT2D eigenvalue weighted by Crippen LogP contribution is -2.49. The second kappa shape index (κ2) is 5.32. The lowest BCUT2D eigenvalue weighted by atomic mass is 9.69. The molecule has 1 amide bonds. The summed E-state index contributed by atoms with van der Waals surface area (Å²) < 4.78 is 5.63. The van der Waals surface area contributed by atoms with Gasteiger partial charge in [-0.1, -0.05) is 34.6 Å². The molecule has 4 atom stereocenters. The van der Waals surface area contributed by atoms with Gasteiger partial charge < -0.3 is 10.1 Å². The summed E-state index contributed by atoms with van der Waals surface area (Å²) in [6.07, 6.45) is 3.33. The Balaban J connectivity index is 1.93. The molecule has 3 nitrogen and oxygen atoms in total. The van der Waals surface area contributed by atoms with Crippen molar-refractivity contribution in [3.63, 3.8) is 0 Å². The van der Waals surface area contributed by atoms with Crippen molar-refractivity contribution in [2.45, 2.75) is 73.0 Å². The van der Waals surface area contributed by atoms with Crippen LogP contribution in [0.15, 0.2) is 0 Å². The fourth-order valence-corrected chi connectivity index (χ4v) is 4.12. The van der Waals surface area contributed by atoms with Crippen LogP contribution in [0.3, 0.4) is 0 Å². The molecular formula is C17H31NO2. The van der Waals surface area contributed by atoms with E-state index >= 15 is 0 Å². The summed E-state index contributed by atoms with van der Waals surface area (Å²) in [5.41, 5.74) is 0.581. The van der Waals surface area contributed by atoms with Gasteiger partial charge in [0.1, 0.15) is 6.10 Å². The van der Waals surface area contributed by atoms with E-state index in [1.54, 1.807) is 0 Å². The predicted octanol–water partition coefficient (Wildman–Crippen LogP) is 3.38. The number of amides is 1. The van der Waals surface area contributed by atoms with Crippen molar-refractivity contribution >= 4 is 5.91 Å². The van der Waals surface area contributed by atoms with Crippen LogP contribution in [0.1, 0.15) is 60.8 Å². The molecule has 2 aliphatic rings. The number of fused-ring (bicyclic) bond motifs is 2. The van der Waals surface area contributed by atoms with Gasteiger partial charge in [0.15, 0.2) is 0 Å². The highest BCUT2D eigenvalue weighted by Crippen LogP contribution is 2.65. The third-order valence-corrected chi connectivity index (χ3v) is 6.16. The first kappa shape index (κ1) is 15.8. The fourth-order valence-electron chi connectivity index (χ4n) is 4.12. The van der Waals surface area contributed by atoms with Gasteiger partial charge >= 0.3 is 0 Å². The van der Waals surface area contributed by atoms with E-state index in [1.165, 1.54) is 12.8 Å². The Kier molecular flexibility index (Phi) is 4.21. The summed E-state index contributed by atoms with van der Waals surface area (Å²) >= 11 is 0. The molecule has 2 fully saturated rings. The van der Waals surface area contributed by atoms with E-state index < -0.39 is 0 Å². The maximum atomic E-state index is 12.3. The topological polar surface area (TPSA) is 38.3 Å². The van der Waals surface area contributed by atoms with Crippen LogP contribution >= 0.6 is 0 Å². The average molecular weight is 281 g/mol. The SMILES string of the molecule is CC(C)CO[C@H](C)C(=O)N[C@@H]1C[C@H]2CC[C@@]1(C)C2(C)C. The van der Waals surface area contributed by atoms with Crippen LogP contribution < -0.4 is 5.32 Å². The van der Waals surface area contributed by atoms with Crippen LogP contribution in [0.4, 0.5) is 0 Å². The zero-order valence-electron chi connectivity index (χ0n) is 14.0. The average Bonchev–Trinajstić information content (AvgIpc) is 2.68. The van der Waals surface area contributed by atoms with Crippen LogP contribution in [-0.4, -0.2) is 24.7 Å². The molecule has 2 rings (SSSR count). The highest BCUT2D eigenvalue weighted by Gasteiger charge is 2.61. The smallest absolute Gasteiger partial charge is 0.249 e. The zero-order chi connectivity index (χ0) is 15.1. The van der Waals surface area contributed by atoms with E-state index in [4.69, 9.17) is 4.74 Å². The highest BCUT2D eigenvalue weighted by atomic mass is 16.5. The quantitative estimate of drug-likeness (QED) is 0.839. The lowest BCUT2D eigenvalue weighted by Gasteiger charge is -2.39. The molecule has 0 aromatic carbocycles. The number of hydrogen-bond acceptors (Lipinski definition) is 2. The van der Waals surface area contributed by atoms with Crippen molar-refractivity contribution in [3.8, 4) is 0 Å². The summed E-state index contributed by atoms with van der Waals surface area (Å²) in [6, 6.07) is 0.314. The minimum atomic E-state index is -0.344. The number of carbonyl (C=O) groups excluding carboxylic acids is 1. The van der Waals surface area contributed by atoms with Crippen molar-refractivity contribution in [2.75, 3.05) is 6.61 Å². The van der Waals surface area contributed by atoms with Gasteiger partial charge in [-0.3, -0.25) is 4.79 Å². The van der Waals surface area contributed by atoms with Crippen molar-refractivity contribution in [1.29, 1.82) is 0 Å². The third kappa shape index (κ3) is 2.49. The summed E-state index contributed by atoms with van der Waals surface area (Å²) in [6.45, 7) is 13.8. The van der Waals surface area contributed by atoms with Crippen molar-refractivity contribution in [1.82, 2.24) is 5.32 Å². The van der Waals surface area contributed by atoms with E-state index in [0.717, 1.165) is 12.3 Å². The molecule has 0 saturated heterocycles. The Bertz CT molecular complexity index is 377. The standard InChI is InChI=1S/C17H31NO2/c1-11(2)10-20-12(3)15(19)18-14-9-13-7-8-17(14,6)16(13,4)5/h11-14H,7-10H2,1-6H3,(H,18,19)/t12-,13-,14-,17-/m1/s1. The molecule has 0 unspecified atom stereocenters. The van der Waals surface area contributed by atoms with Gasteiger partial charge in [-0.05, 0) is 48.9 Å². The Morgan fingerprint density at radius 2 is 1.95 bits per heavy atom. The Morgan fingerprint density at radius 3 is 2.40 bits per heavy atom. The van der Waals surface area contributed by atoms with Gasteiger partial charge in [0, 0.05) is 12.6 Å². The Morgan fingerprint density at radius 1 is 1.30 bits per heavy atom. The molecule has 0 aromatic heterocycles. The minimum Gasteiger partial charge on any atom is -0.368 e. The Hall–Kier alpha value is -0.570. The summed E-state index contributed by atoms with van der Waals surface area (Å²) in [5, 5.41) is 3.27. The molecule has 1 N–H and O–H groups in total. The monoisotopic (exact) mass is 281 g/mol. The molecule has 0 aliphatic heterocycles. The maximum Gasteiger partial charge on any atom is 0.249 e. The van der Waals surface area contributed by atoms with Crippen molar-refractivity contribution < 1.29 is 9.53 Å². The molecule has 0 spiro atoms. The third-order valence-electron chi connectivity index (χ3n) is 6.16. The molecule has 0 heterocycles. The van der Waals surface area contributed by atoms with Gasteiger partial charge in [-0.25, -0.2) is 0 Å². The van der Waals surface area contributed by atoms with Crippen LogP contribution in [0, 0.1) is 22.7 Å². The van der Waals surface area contributed by atoms with Gasteiger partial charge in [0.2, 0.25) is 5.91 Å². The van der Waals surface area contributed by atoms with Gasteiger partial charge in [0.25, 0.3) is 0 Å². The van der Waals surface area contributed by atoms with Gasteiger partial charge in [0.05, 0.1) is 0 Å². The molecule has 2 saturated carbocycles. The van der Waals surface area contributed by atoms with Crippen LogP contribution in [0.5, 0.6) is 0 Å². The normalized spacial score (nSPS) is 36.4. The number of ether oxygens (including phenoxy) is 1. The van der Waals surface area contributed by atoms with E-state index in [2.05, 4.69) is 39.9 Å². The number of hydrogen-bond donors (Lipinski definition) is 1. The molecule has 2 aliphatic carbocycles. The van der Waals surface area contributed by atoms with Gasteiger partial charge in [-0.2, -0.15) is 0 Å². The van der Waals surface area contributed by atoms with E-state index in [9.17, 15) is 4.79 Å². The van der Waals surface area contributed by atoms with E-state index in [-0.39, 0.29) is 17.4 Å². The second-order valence-corrected chi connectivity index (χ2v) is 8.04. The summed E-state index contributed by atoms with van der Waals surface area (Å²) in [5.74, 6) is 1.27. The second-order valence-electron chi connectivity index (χ2n) is 8.04. The molecular weight excluding hydrogens is 250 g/mol. The zero-order valence-corrected chi connectivity index (χ0v) is 14.0. The fraction of sp³-hybridized carbons (Fsp3) is 0.941. The molecule has 20 heavy (non-hydrogen) atoms. The van der Waals surface area contributed by atoms with E-state index in [1.807, 2.05) is 6.92 Å². The lowest BCUT2D eigenvalue weighted by molar-refractivity contribution is -0.134. The molecule has 3 heteroatoms. The minimum absolute atomic E-state index is 0.0558. The van der Waals surface area contributed by atoms with E-state index in [0.29, 0.717) is 24.0 Å². The Labute approximate surface area is 123 Å². The molecule has 116 valence electrons. The molecule has 0 aromatic rings. The first-order chi connectivity index (χ1) is 9.18. The number of rotatable bonds is 5. The molecule has 2 bridgehead atoms. The van der Waals surface area contributed by atoms with Crippen LogP contribution in [0.25, 0.3) is 0 Å². The number of nitrogens with one attached hydrogen (secondary N) is 1. The van der Waals surface area contributed by atoms with Crippen molar-refractivity contribution in [3.05, 3.63) is 0 Å².